The van der Waals surface area contributed by atoms with Gasteiger partial charge in [-0.2, -0.15) is 0 Å². The summed E-state index contributed by atoms with van der Waals surface area (Å²) in [5.41, 5.74) is 6.03. The van der Waals surface area contributed by atoms with E-state index in [1.807, 2.05) is 22.2 Å². The van der Waals surface area contributed by atoms with Gasteiger partial charge in [0.25, 0.3) is 0 Å². The first-order chi connectivity index (χ1) is 7.15. The molecule has 0 aliphatic heterocycles. The molecule has 0 unspecified atom stereocenters. The van der Waals surface area contributed by atoms with Crippen LogP contribution in [0.2, 0.25) is 0 Å². The van der Waals surface area contributed by atoms with Gasteiger partial charge in [0.05, 0.1) is 11.3 Å². The standard InChI is InChI=1S/C10H13N3OS/c11-7-3-10(14,4-7)5-8-6-13-1-2-15-9(13)12-8/h1-2,6-7,14H,3-5,11H2. The molecule has 2 heterocycles. The smallest absolute Gasteiger partial charge is 0.193 e. The van der Waals surface area contributed by atoms with Crippen LogP contribution in [0.25, 0.3) is 4.96 Å². The van der Waals surface area contributed by atoms with Crippen molar-refractivity contribution in [3.05, 3.63) is 23.5 Å². The third kappa shape index (κ3) is 1.56. The predicted molar refractivity (Wildman–Crippen MR) is 58.9 cm³/mol. The number of hydrogen-bond acceptors (Lipinski definition) is 4. The Labute approximate surface area is 91.4 Å². The van der Waals surface area contributed by atoms with Crippen molar-refractivity contribution in [2.45, 2.75) is 30.9 Å². The van der Waals surface area contributed by atoms with E-state index in [-0.39, 0.29) is 6.04 Å². The van der Waals surface area contributed by atoms with Crippen LogP contribution < -0.4 is 5.73 Å². The molecular formula is C10H13N3OS. The van der Waals surface area contributed by atoms with Gasteiger partial charge in [-0.25, -0.2) is 4.98 Å². The normalized spacial score (nSPS) is 30.7. The fourth-order valence-electron chi connectivity index (χ4n) is 2.26. The predicted octanol–water partition coefficient (Wildman–Crippen LogP) is 0.790. The van der Waals surface area contributed by atoms with Crippen LogP contribution in [-0.4, -0.2) is 26.1 Å². The number of imidazole rings is 1. The van der Waals surface area contributed by atoms with Crippen LogP contribution >= 0.6 is 11.3 Å². The first kappa shape index (κ1) is 9.33. The lowest BCUT2D eigenvalue weighted by Gasteiger charge is -2.41. The summed E-state index contributed by atoms with van der Waals surface area (Å²) >= 11 is 1.61. The van der Waals surface area contributed by atoms with E-state index in [0.717, 1.165) is 10.7 Å². The van der Waals surface area contributed by atoms with Gasteiger partial charge in [0.1, 0.15) is 0 Å². The van der Waals surface area contributed by atoms with Gasteiger partial charge in [-0.1, -0.05) is 0 Å². The van der Waals surface area contributed by atoms with Crippen LogP contribution in [0, 0.1) is 0 Å². The summed E-state index contributed by atoms with van der Waals surface area (Å²) in [7, 11) is 0. The van der Waals surface area contributed by atoms with E-state index in [2.05, 4.69) is 4.98 Å². The molecule has 2 aromatic heterocycles. The summed E-state index contributed by atoms with van der Waals surface area (Å²) in [6.45, 7) is 0. The minimum absolute atomic E-state index is 0.165. The number of fused-ring (bicyclic) bond motifs is 1. The summed E-state index contributed by atoms with van der Waals surface area (Å²) in [5, 5.41) is 12.1. The molecule has 5 heteroatoms. The van der Waals surface area contributed by atoms with Crippen molar-refractivity contribution in [1.82, 2.24) is 9.38 Å². The Balaban J connectivity index is 1.81. The SMILES string of the molecule is NC1CC(O)(Cc2cn3ccsc3n2)C1. The lowest BCUT2D eigenvalue weighted by atomic mass is 9.73. The zero-order valence-electron chi connectivity index (χ0n) is 8.26. The minimum Gasteiger partial charge on any atom is -0.389 e. The molecule has 15 heavy (non-hydrogen) atoms. The maximum Gasteiger partial charge on any atom is 0.193 e. The molecule has 80 valence electrons. The number of nitrogens with zero attached hydrogens (tertiary/aromatic N) is 2. The number of aromatic nitrogens is 2. The quantitative estimate of drug-likeness (QED) is 0.791. The van der Waals surface area contributed by atoms with E-state index in [1.54, 1.807) is 11.3 Å². The number of thiazole rings is 1. The van der Waals surface area contributed by atoms with Crippen molar-refractivity contribution in [2.24, 2.45) is 5.73 Å². The summed E-state index contributed by atoms with van der Waals surface area (Å²) < 4.78 is 1.99. The van der Waals surface area contributed by atoms with Crippen LogP contribution in [0.3, 0.4) is 0 Å². The molecular weight excluding hydrogens is 210 g/mol. The van der Waals surface area contributed by atoms with Gasteiger partial charge < -0.3 is 10.8 Å². The van der Waals surface area contributed by atoms with Crippen molar-refractivity contribution in [3.8, 4) is 0 Å². The third-order valence-corrected chi connectivity index (χ3v) is 3.71. The molecule has 3 N–H and O–H groups in total. The summed E-state index contributed by atoms with van der Waals surface area (Å²) in [4.78, 5) is 5.43. The Kier molecular flexibility index (Phi) is 1.89. The molecule has 0 bridgehead atoms. The van der Waals surface area contributed by atoms with E-state index in [0.29, 0.717) is 19.3 Å². The Morgan fingerprint density at radius 1 is 1.67 bits per heavy atom. The van der Waals surface area contributed by atoms with Crippen molar-refractivity contribution >= 4 is 16.3 Å². The van der Waals surface area contributed by atoms with Gasteiger partial charge >= 0.3 is 0 Å². The van der Waals surface area contributed by atoms with Gasteiger partial charge in [-0.3, -0.25) is 4.40 Å². The van der Waals surface area contributed by atoms with Crippen molar-refractivity contribution in [3.63, 3.8) is 0 Å². The Bertz CT molecular complexity index is 455. The lowest BCUT2D eigenvalue weighted by Crippen LogP contribution is -2.52. The highest BCUT2D eigenvalue weighted by atomic mass is 32.1. The molecule has 4 nitrogen and oxygen atoms in total. The first-order valence-electron chi connectivity index (χ1n) is 5.04. The number of hydrogen-bond donors (Lipinski definition) is 2. The molecule has 0 radical (unpaired) electrons. The second-order valence-corrected chi connectivity index (χ2v) is 5.27. The maximum atomic E-state index is 10.1. The Morgan fingerprint density at radius 3 is 3.13 bits per heavy atom. The van der Waals surface area contributed by atoms with Crippen LogP contribution in [0.1, 0.15) is 18.5 Å². The summed E-state index contributed by atoms with van der Waals surface area (Å²) in [5.74, 6) is 0. The number of nitrogens with two attached hydrogens (primary N) is 1. The molecule has 3 rings (SSSR count). The molecule has 1 aliphatic rings. The molecule has 0 spiro atoms. The fourth-order valence-corrected chi connectivity index (χ4v) is 2.98. The second-order valence-electron chi connectivity index (χ2n) is 4.39. The summed E-state index contributed by atoms with van der Waals surface area (Å²) in [6, 6.07) is 0.165. The van der Waals surface area contributed by atoms with Gasteiger partial charge in [0.2, 0.25) is 0 Å². The van der Waals surface area contributed by atoms with Crippen molar-refractivity contribution in [2.75, 3.05) is 0 Å². The van der Waals surface area contributed by atoms with Gasteiger partial charge in [0.15, 0.2) is 4.96 Å². The Hall–Kier alpha value is -0.910. The summed E-state index contributed by atoms with van der Waals surface area (Å²) in [6.07, 6.45) is 5.96. The maximum absolute atomic E-state index is 10.1. The Morgan fingerprint density at radius 2 is 2.47 bits per heavy atom. The zero-order chi connectivity index (χ0) is 10.5. The highest BCUT2D eigenvalue weighted by Gasteiger charge is 2.41. The van der Waals surface area contributed by atoms with Crippen molar-refractivity contribution in [1.29, 1.82) is 0 Å². The van der Waals surface area contributed by atoms with E-state index >= 15 is 0 Å². The van der Waals surface area contributed by atoms with E-state index in [9.17, 15) is 5.11 Å². The van der Waals surface area contributed by atoms with Crippen LogP contribution in [0.4, 0.5) is 0 Å². The van der Waals surface area contributed by atoms with Crippen molar-refractivity contribution < 1.29 is 5.11 Å². The lowest BCUT2D eigenvalue weighted by molar-refractivity contribution is -0.0461. The third-order valence-electron chi connectivity index (χ3n) is 2.94. The topological polar surface area (TPSA) is 63.5 Å². The van der Waals surface area contributed by atoms with Gasteiger partial charge in [-0.05, 0) is 12.8 Å². The highest BCUT2D eigenvalue weighted by molar-refractivity contribution is 7.15. The van der Waals surface area contributed by atoms with E-state index in [4.69, 9.17) is 5.73 Å². The molecule has 1 saturated carbocycles. The van der Waals surface area contributed by atoms with Gasteiger partial charge in [-0.15, -0.1) is 11.3 Å². The largest absolute Gasteiger partial charge is 0.389 e. The van der Waals surface area contributed by atoms with Crippen LogP contribution in [-0.2, 0) is 6.42 Å². The number of aliphatic hydroxyl groups is 1. The molecule has 2 aromatic rings. The van der Waals surface area contributed by atoms with E-state index < -0.39 is 5.60 Å². The minimum atomic E-state index is -0.608. The zero-order valence-corrected chi connectivity index (χ0v) is 9.07. The second kappa shape index (κ2) is 3.04. The monoisotopic (exact) mass is 223 g/mol. The van der Waals surface area contributed by atoms with Crippen LogP contribution in [0.5, 0.6) is 0 Å². The molecule has 0 atom stereocenters. The first-order valence-corrected chi connectivity index (χ1v) is 5.92. The average molecular weight is 223 g/mol. The van der Waals surface area contributed by atoms with Crippen LogP contribution in [0.15, 0.2) is 17.8 Å². The number of rotatable bonds is 2. The van der Waals surface area contributed by atoms with Gasteiger partial charge in [0, 0.05) is 30.2 Å². The highest BCUT2D eigenvalue weighted by Crippen LogP contribution is 2.33. The molecule has 0 saturated heterocycles. The van der Waals surface area contributed by atoms with E-state index in [1.165, 1.54) is 0 Å². The molecule has 1 aliphatic carbocycles. The molecule has 0 aromatic carbocycles. The molecule has 1 fully saturated rings. The fraction of sp³-hybridized carbons (Fsp3) is 0.500. The molecule has 0 amide bonds. The average Bonchev–Trinajstić information content (AvgIpc) is 2.60.